The molecule has 0 aliphatic rings. The molecule has 3 heteroatoms. The Bertz CT molecular complexity index is 769. The molecular weight excluding hydrogens is 246 g/mol. The fourth-order valence-electron chi connectivity index (χ4n) is 2.55. The summed E-state index contributed by atoms with van der Waals surface area (Å²) in [6.07, 6.45) is 0. The molecule has 2 N–H and O–H groups in total. The highest BCUT2D eigenvalue weighted by Gasteiger charge is 2.12. The summed E-state index contributed by atoms with van der Waals surface area (Å²) in [7, 11) is 0. The molecule has 0 aliphatic heterocycles. The second kappa shape index (κ2) is 4.67. The highest BCUT2D eigenvalue weighted by Crippen LogP contribution is 2.26. The van der Waals surface area contributed by atoms with E-state index < -0.39 is 0 Å². The minimum atomic E-state index is 0.493. The molecule has 3 rings (SSSR count). The number of imidazole rings is 1. The van der Waals surface area contributed by atoms with Crippen molar-refractivity contribution in [1.82, 2.24) is 9.55 Å². The van der Waals surface area contributed by atoms with Crippen molar-refractivity contribution in [2.75, 3.05) is 5.73 Å². The largest absolute Gasteiger partial charge is 0.369 e. The van der Waals surface area contributed by atoms with E-state index in [1.807, 2.05) is 10.6 Å². The molecule has 0 spiro atoms. The van der Waals surface area contributed by atoms with Crippen molar-refractivity contribution < 1.29 is 0 Å². The summed E-state index contributed by atoms with van der Waals surface area (Å²) in [6.45, 7) is 6.45. The molecular formula is C17H19N3. The number of nitrogens with two attached hydrogens (primary N) is 1. The van der Waals surface area contributed by atoms with E-state index in [0.717, 1.165) is 22.3 Å². The monoisotopic (exact) mass is 265 g/mol. The van der Waals surface area contributed by atoms with Crippen LogP contribution in [0.4, 0.5) is 5.95 Å². The average Bonchev–Trinajstić information content (AvgIpc) is 2.77. The first-order valence-corrected chi connectivity index (χ1v) is 6.92. The SMILES string of the molecule is Cc1cccc2c1nc(N)n2-c1cccc(C(C)C)c1. The molecule has 0 amide bonds. The van der Waals surface area contributed by atoms with Gasteiger partial charge < -0.3 is 5.73 Å². The molecule has 20 heavy (non-hydrogen) atoms. The summed E-state index contributed by atoms with van der Waals surface area (Å²) in [5.74, 6) is 1.03. The molecule has 2 aromatic carbocycles. The zero-order valence-corrected chi connectivity index (χ0v) is 12.1. The summed E-state index contributed by atoms with van der Waals surface area (Å²) in [5, 5.41) is 0. The second-order valence-electron chi connectivity index (χ2n) is 5.50. The molecule has 1 heterocycles. The maximum Gasteiger partial charge on any atom is 0.205 e. The van der Waals surface area contributed by atoms with Crippen LogP contribution in [-0.4, -0.2) is 9.55 Å². The molecule has 3 aromatic rings. The number of rotatable bonds is 2. The van der Waals surface area contributed by atoms with Gasteiger partial charge in [0.05, 0.1) is 11.0 Å². The molecule has 0 atom stereocenters. The van der Waals surface area contributed by atoms with Crippen LogP contribution >= 0.6 is 0 Å². The van der Waals surface area contributed by atoms with E-state index >= 15 is 0 Å². The maximum atomic E-state index is 6.13. The summed E-state index contributed by atoms with van der Waals surface area (Å²) >= 11 is 0. The molecule has 0 fully saturated rings. The number of aromatic nitrogens is 2. The normalized spacial score (nSPS) is 11.4. The van der Waals surface area contributed by atoms with Gasteiger partial charge in [-0.15, -0.1) is 0 Å². The summed E-state index contributed by atoms with van der Waals surface area (Å²) in [4.78, 5) is 4.50. The van der Waals surface area contributed by atoms with Crippen LogP contribution < -0.4 is 5.73 Å². The molecule has 102 valence electrons. The lowest BCUT2D eigenvalue weighted by atomic mass is 10.0. The quantitative estimate of drug-likeness (QED) is 0.760. The highest BCUT2D eigenvalue weighted by molar-refractivity contribution is 5.83. The molecule has 0 aliphatic carbocycles. The van der Waals surface area contributed by atoms with Crippen LogP contribution in [0.25, 0.3) is 16.7 Å². The summed E-state index contributed by atoms with van der Waals surface area (Å²) in [5.41, 5.74) is 11.7. The van der Waals surface area contributed by atoms with E-state index in [4.69, 9.17) is 5.73 Å². The molecule has 0 radical (unpaired) electrons. The Balaban J connectivity index is 2.27. The number of nitrogen functional groups attached to an aromatic ring is 1. The third-order valence-corrected chi connectivity index (χ3v) is 3.71. The highest BCUT2D eigenvalue weighted by atomic mass is 15.2. The van der Waals surface area contributed by atoms with Gasteiger partial charge in [-0.25, -0.2) is 4.98 Å². The van der Waals surface area contributed by atoms with Gasteiger partial charge in [-0.3, -0.25) is 4.57 Å². The van der Waals surface area contributed by atoms with E-state index in [2.05, 4.69) is 62.2 Å². The number of nitrogens with zero attached hydrogens (tertiary/aromatic N) is 2. The lowest BCUT2D eigenvalue weighted by Crippen LogP contribution is -2.01. The smallest absolute Gasteiger partial charge is 0.205 e. The Hall–Kier alpha value is -2.29. The van der Waals surface area contributed by atoms with E-state index in [1.54, 1.807) is 0 Å². The first-order chi connectivity index (χ1) is 9.58. The number of anilines is 1. The fourth-order valence-corrected chi connectivity index (χ4v) is 2.55. The number of benzene rings is 2. The first kappa shape index (κ1) is 12.7. The number of aryl methyl sites for hydroxylation is 1. The Morgan fingerprint density at radius 3 is 2.60 bits per heavy atom. The molecule has 0 bridgehead atoms. The number of fused-ring (bicyclic) bond motifs is 1. The van der Waals surface area contributed by atoms with Gasteiger partial charge in [0.1, 0.15) is 0 Å². The summed E-state index contributed by atoms with van der Waals surface area (Å²) < 4.78 is 2.02. The van der Waals surface area contributed by atoms with Crippen LogP contribution in [0.3, 0.4) is 0 Å². The molecule has 1 aromatic heterocycles. The minimum absolute atomic E-state index is 0.493. The van der Waals surface area contributed by atoms with Crippen LogP contribution in [0.15, 0.2) is 42.5 Å². The van der Waals surface area contributed by atoms with E-state index in [1.165, 1.54) is 5.56 Å². The van der Waals surface area contributed by atoms with Crippen molar-refractivity contribution >= 4 is 17.0 Å². The van der Waals surface area contributed by atoms with Crippen molar-refractivity contribution in [3.05, 3.63) is 53.6 Å². The van der Waals surface area contributed by atoms with Gasteiger partial charge in [0, 0.05) is 5.69 Å². The van der Waals surface area contributed by atoms with E-state index in [0.29, 0.717) is 11.9 Å². The van der Waals surface area contributed by atoms with Crippen molar-refractivity contribution in [3.63, 3.8) is 0 Å². The second-order valence-corrected chi connectivity index (χ2v) is 5.50. The van der Waals surface area contributed by atoms with Crippen molar-refractivity contribution in [2.24, 2.45) is 0 Å². The maximum absolute atomic E-state index is 6.13. The molecule has 0 saturated carbocycles. The van der Waals surface area contributed by atoms with Gasteiger partial charge in [-0.05, 0) is 42.2 Å². The third kappa shape index (κ3) is 1.95. The number of hydrogen-bond acceptors (Lipinski definition) is 2. The predicted molar refractivity (Wildman–Crippen MR) is 84.3 cm³/mol. The first-order valence-electron chi connectivity index (χ1n) is 6.92. The van der Waals surface area contributed by atoms with Gasteiger partial charge in [0.15, 0.2) is 0 Å². The standard InChI is InChI=1S/C17H19N3/c1-11(2)13-7-5-8-14(10-13)20-15-9-4-6-12(3)16(15)19-17(20)18/h4-11H,1-3H3,(H2,18,19). The number of para-hydroxylation sites is 1. The van der Waals surface area contributed by atoms with Gasteiger partial charge in [0.2, 0.25) is 5.95 Å². The van der Waals surface area contributed by atoms with E-state index in [9.17, 15) is 0 Å². The minimum Gasteiger partial charge on any atom is -0.369 e. The number of hydrogen-bond donors (Lipinski definition) is 1. The lowest BCUT2D eigenvalue weighted by Gasteiger charge is -2.11. The van der Waals surface area contributed by atoms with Gasteiger partial charge in [-0.2, -0.15) is 0 Å². The van der Waals surface area contributed by atoms with Crippen LogP contribution in [-0.2, 0) is 0 Å². The van der Waals surface area contributed by atoms with Crippen LogP contribution in [0.1, 0.15) is 30.9 Å². The van der Waals surface area contributed by atoms with Crippen LogP contribution in [0.2, 0.25) is 0 Å². The Labute approximate surface area is 119 Å². The fraction of sp³-hybridized carbons (Fsp3) is 0.235. The summed E-state index contributed by atoms with van der Waals surface area (Å²) in [6, 6.07) is 14.6. The Morgan fingerprint density at radius 1 is 1.10 bits per heavy atom. The average molecular weight is 265 g/mol. The molecule has 3 nitrogen and oxygen atoms in total. The molecule has 0 unspecified atom stereocenters. The Kier molecular flexibility index (Phi) is 2.97. The van der Waals surface area contributed by atoms with Gasteiger partial charge >= 0.3 is 0 Å². The third-order valence-electron chi connectivity index (χ3n) is 3.71. The Morgan fingerprint density at radius 2 is 1.85 bits per heavy atom. The van der Waals surface area contributed by atoms with Crippen LogP contribution in [0.5, 0.6) is 0 Å². The zero-order chi connectivity index (χ0) is 14.3. The van der Waals surface area contributed by atoms with Crippen molar-refractivity contribution in [2.45, 2.75) is 26.7 Å². The van der Waals surface area contributed by atoms with Gasteiger partial charge in [0.25, 0.3) is 0 Å². The zero-order valence-electron chi connectivity index (χ0n) is 12.1. The predicted octanol–water partition coefficient (Wildman–Crippen LogP) is 4.04. The topological polar surface area (TPSA) is 43.8 Å². The van der Waals surface area contributed by atoms with E-state index in [-0.39, 0.29) is 0 Å². The van der Waals surface area contributed by atoms with Crippen LogP contribution in [0, 0.1) is 6.92 Å². The molecule has 0 saturated heterocycles. The van der Waals surface area contributed by atoms with Crippen molar-refractivity contribution in [3.8, 4) is 5.69 Å². The van der Waals surface area contributed by atoms with Crippen molar-refractivity contribution in [1.29, 1.82) is 0 Å². The lowest BCUT2D eigenvalue weighted by molar-refractivity contribution is 0.864. The van der Waals surface area contributed by atoms with Gasteiger partial charge in [-0.1, -0.05) is 38.1 Å².